The molecular formula is C8H7FN2S. The summed E-state index contributed by atoms with van der Waals surface area (Å²) in [5.74, 6) is -0.0238. The Morgan fingerprint density at radius 2 is 2.33 bits per heavy atom. The third-order valence-corrected chi connectivity index (χ3v) is 2.22. The molecule has 1 rings (SSSR count). The first-order valence-corrected chi connectivity index (χ1v) is 4.27. The number of nitrogens with zero attached hydrogens (tertiary/aromatic N) is 1. The number of nitrogens with two attached hydrogens (primary N) is 1. The van der Waals surface area contributed by atoms with Crippen LogP contribution in [0.2, 0.25) is 0 Å². The topological polar surface area (TPSA) is 49.8 Å². The van der Waals surface area contributed by atoms with Gasteiger partial charge in [0.2, 0.25) is 0 Å². The van der Waals surface area contributed by atoms with Gasteiger partial charge >= 0.3 is 0 Å². The summed E-state index contributed by atoms with van der Waals surface area (Å²) in [5, 5.41) is 8.29. The van der Waals surface area contributed by atoms with Crippen LogP contribution in [0, 0.1) is 17.1 Å². The number of halogens is 1. The Bertz CT molecular complexity index is 319. The highest BCUT2D eigenvalue weighted by Crippen LogP contribution is 2.24. The Morgan fingerprint density at radius 3 is 2.92 bits per heavy atom. The van der Waals surface area contributed by atoms with E-state index in [9.17, 15) is 4.39 Å². The van der Waals surface area contributed by atoms with E-state index in [1.54, 1.807) is 6.07 Å². The van der Waals surface area contributed by atoms with E-state index < -0.39 is 0 Å². The molecule has 0 fully saturated rings. The molecule has 12 heavy (non-hydrogen) atoms. The highest BCUT2D eigenvalue weighted by atomic mass is 32.2. The van der Waals surface area contributed by atoms with Crippen molar-refractivity contribution in [2.24, 2.45) is 0 Å². The van der Waals surface area contributed by atoms with Crippen LogP contribution < -0.4 is 5.73 Å². The second-order valence-corrected chi connectivity index (χ2v) is 3.15. The van der Waals surface area contributed by atoms with E-state index in [4.69, 9.17) is 11.0 Å². The summed E-state index contributed by atoms with van der Waals surface area (Å²) in [4.78, 5) is 0.748. The molecule has 0 radical (unpaired) electrons. The second kappa shape index (κ2) is 3.98. The molecule has 0 amide bonds. The first-order valence-electron chi connectivity index (χ1n) is 3.29. The average Bonchev–Trinajstić information content (AvgIpc) is 2.03. The summed E-state index contributed by atoms with van der Waals surface area (Å²) in [7, 11) is 0. The molecule has 0 atom stereocenters. The molecular weight excluding hydrogens is 175 g/mol. The molecule has 0 saturated heterocycles. The van der Waals surface area contributed by atoms with E-state index in [-0.39, 0.29) is 5.82 Å². The number of thioether (sulfide) groups is 1. The van der Waals surface area contributed by atoms with Crippen LogP contribution in [0.5, 0.6) is 0 Å². The van der Waals surface area contributed by atoms with E-state index in [2.05, 4.69) is 0 Å². The van der Waals surface area contributed by atoms with Gasteiger partial charge in [-0.05, 0) is 18.2 Å². The molecule has 2 nitrogen and oxygen atoms in total. The van der Waals surface area contributed by atoms with Gasteiger partial charge in [-0.25, -0.2) is 4.39 Å². The van der Waals surface area contributed by atoms with Crippen LogP contribution in [-0.4, -0.2) is 5.75 Å². The number of nitriles is 1. The summed E-state index contributed by atoms with van der Waals surface area (Å²) < 4.78 is 12.5. The van der Waals surface area contributed by atoms with Gasteiger partial charge in [0.15, 0.2) is 0 Å². The Labute approximate surface area is 74.2 Å². The third-order valence-electron chi connectivity index (χ3n) is 1.26. The molecule has 0 aliphatic rings. The first-order chi connectivity index (χ1) is 5.74. The molecule has 0 heterocycles. The van der Waals surface area contributed by atoms with Crippen LogP contribution in [0.15, 0.2) is 23.1 Å². The number of hydrogen-bond acceptors (Lipinski definition) is 3. The van der Waals surface area contributed by atoms with E-state index in [0.717, 1.165) is 4.90 Å². The van der Waals surface area contributed by atoms with Gasteiger partial charge in [0.25, 0.3) is 0 Å². The van der Waals surface area contributed by atoms with Crippen molar-refractivity contribution >= 4 is 17.4 Å². The van der Waals surface area contributed by atoms with Crippen molar-refractivity contribution in [3.8, 4) is 6.07 Å². The number of hydrogen-bond donors (Lipinski definition) is 1. The summed E-state index contributed by atoms with van der Waals surface area (Å²) in [6.45, 7) is 0. The van der Waals surface area contributed by atoms with Gasteiger partial charge in [-0.3, -0.25) is 0 Å². The maximum atomic E-state index is 12.5. The number of rotatable bonds is 2. The molecule has 0 saturated carbocycles. The molecule has 62 valence electrons. The molecule has 0 aliphatic carbocycles. The molecule has 0 bridgehead atoms. The smallest absolute Gasteiger partial charge is 0.125 e. The van der Waals surface area contributed by atoms with Crippen LogP contribution in [-0.2, 0) is 0 Å². The predicted molar refractivity (Wildman–Crippen MR) is 47.1 cm³/mol. The Hall–Kier alpha value is -1.21. The number of benzene rings is 1. The minimum atomic E-state index is -0.353. The normalized spacial score (nSPS) is 9.33. The largest absolute Gasteiger partial charge is 0.398 e. The highest BCUT2D eigenvalue weighted by Gasteiger charge is 1.99. The molecule has 4 heteroatoms. The van der Waals surface area contributed by atoms with E-state index in [0.29, 0.717) is 11.4 Å². The Morgan fingerprint density at radius 1 is 1.58 bits per heavy atom. The van der Waals surface area contributed by atoms with Crippen molar-refractivity contribution in [1.29, 1.82) is 5.26 Å². The fourth-order valence-electron chi connectivity index (χ4n) is 0.761. The molecule has 0 unspecified atom stereocenters. The van der Waals surface area contributed by atoms with Gasteiger partial charge in [-0.15, -0.1) is 11.8 Å². The summed E-state index contributed by atoms with van der Waals surface area (Å²) in [6, 6.07) is 6.13. The molecule has 1 aromatic carbocycles. The van der Waals surface area contributed by atoms with Gasteiger partial charge < -0.3 is 5.73 Å². The second-order valence-electron chi connectivity index (χ2n) is 2.13. The van der Waals surface area contributed by atoms with Crippen LogP contribution in [0.1, 0.15) is 0 Å². The van der Waals surface area contributed by atoms with Gasteiger partial charge in [0, 0.05) is 10.6 Å². The van der Waals surface area contributed by atoms with E-state index in [1.807, 2.05) is 6.07 Å². The van der Waals surface area contributed by atoms with Crippen molar-refractivity contribution in [3.63, 3.8) is 0 Å². The zero-order valence-corrected chi connectivity index (χ0v) is 7.07. The predicted octanol–water partition coefficient (Wildman–Crippen LogP) is 2.02. The summed E-state index contributed by atoms with van der Waals surface area (Å²) in [6.07, 6.45) is 0. The van der Waals surface area contributed by atoms with Crippen molar-refractivity contribution < 1.29 is 4.39 Å². The molecule has 0 aromatic heterocycles. The molecule has 2 N–H and O–H groups in total. The lowest BCUT2D eigenvalue weighted by atomic mass is 10.3. The average molecular weight is 182 g/mol. The van der Waals surface area contributed by atoms with Gasteiger partial charge in [0.05, 0.1) is 11.8 Å². The lowest BCUT2D eigenvalue weighted by molar-refractivity contribution is 0.627. The zero-order chi connectivity index (χ0) is 8.97. The lowest BCUT2D eigenvalue weighted by Crippen LogP contribution is -1.89. The van der Waals surface area contributed by atoms with E-state index >= 15 is 0 Å². The Kier molecular flexibility index (Phi) is 2.94. The minimum Gasteiger partial charge on any atom is -0.398 e. The van der Waals surface area contributed by atoms with Gasteiger partial charge in [0.1, 0.15) is 5.82 Å². The van der Waals surface area contributed by atoms with Gasteiger partial charge in [-0.1, -0.05) is 0 Å². The molecule has 0 aliphatic heterocycles. The quantitative estimate of drug-likeness (QED) is 0.562. The van der Waals surface area contributed by atoms with Crippen LogP contribution in [0.3, 0.4) is 0 Å². The van der Waals surface area contributed by atoms with Crippen molar-refractivity contribution in [2.75, 3.05) is 11.5 Å². The highest BCUT2D eigenvalue weighted by molar-refractivity contribution is 7.99. The zero-order valence-electron chi connectivity index (χ0n) is 6.25. The molecule has 0 spiro atoms. The fourth-order valence-corrected chi connectivity index (χ4v) is 1.37. The lowest BCUT2D eigenvalue weighted by Gasteiger charge is -2.01. The van der Waals surface area contributed by atoms with Gasteiger partial charge in [-0.2, -0.15) is 5.26 Å². The monoisotopic (exact) mass is 182 g/mol. The summed E-state index contributed by atoms with van der Waals surface area (Å²) in [5.41, 5.74) is 5.88. The van der Waals surface area contributed by atoms with Crippen LogP contribution in [0.4, 0.5) is 10.1 Å². The maximum Gasteiger partial charge on any atom is 0.125 e. The van der Waals surface area contributed by atoms with Crippen LogP contribution in [0.25, 0.3) is 0 Å². The maximum absolute atomic E-state index is 12.5. The fraction of sp³-hybridized carbons (Fsp3) is 0.125. The van der Waals surface area contributed by atoms with E-state index in [1.165, 1.54) is 23.9 Å². The van der Waals surface area contributed by atoms with Crippen molar-refractivity contribution in [3.05, 3.63) is 24.0 Å². The van der Waals surface area contributed by atoms with Crippen molar-refractivity contribution in [2.45, 2.75) is 4.90 Å². The van der Waals surface area contributed by atoms with Crippen molar-refractivity contribution in [1.82, 2.24) is 0 Å². The third kappa shape index (κ3) is 2.14. The molecule has 1 aromatic rings. The van der Waals surface area contributed by atoms with Crippen LogP contribution >= 0.6 is 11.8 Å². The first kappa shape index (κ1) is 8.88. The number of anilines is 1. The Balaban J connectivity index is 2.81. The SMILES string of the molecule is N#CCSc1ccc(F)cc1N. The number of nitrogen functional groups attached to an aromatic ring is 1. The standard InChI is InChI=1S/C8H7FN2S/c9-6-1-2-8(7(11)5-6)12-4-3-10/h1-2,5H,4,11H2. The minimum absolute atomic E-state index is 0.329. The summed E-state index contributed by atoms with van der Waals surface area (Å²) >= 11 is 1.30.